The Morgan fingerprint density at radius 2 is 2.36 bits per heavy atom. The van der Waals surface area contributed by atoms with E-state index in [1.54, 1.807) is 18.2 Å². The molecule has 4 heteroatoms. The number of allylic oxidation sites excluding steroid dienone is 2. The number of thiol groups is 1. The van der Waals surface area contributed by atoms with Gasteiger partial charge < -0.3 is 9.90 Å². The molecule has 11 heavy (non-hydrogen) atoms. The van der Waals surface area contributed by atoms with Crippen molar-refractivity contribution >= 4 is 19.2 Å². The predicted molar refractivity (Wildman–Crippen MR) is 42.9 cm³/mol. The summed E-state index contributed by atoms with van der Waals surface area (Å²) in [7, 11) is 0. The summed E-state index contributed by atoms with van der Waals surface area (Å²) in [6, 6.07) is 0. The van der Waals surface area contributed by atoms with Gasteiger partial charge in [-0.25, -0.2) is 0 Å². The molecule has 0 radical (unpaired) electrons. The van der Waals surface area contributed by atoms with Crippen LogP contribution in [0.3, 0.4) is 0 Å². The lowest BCUT2D eigenvalue weighted by Gasteiger charge is -2.26. The maximum absolute atomic E-state index is 10.4. The molecule has 60 valence electrons. The van der Waals surface area contributed by atoms with Crippen LogP contribution in [-0.4, -0.2) is 17.2 Å². The summed E-state index contributed by atoms with van der Waals surface area (Å²) in [4.78, 5) is 10.4. The van der Waals surface area contributed by atoms with Gasteiger partial charge >= 0.3 is 0 Å². The van der Waals surface area contributed by atoms with Crippen molar-refractivity contribution in [1.29, 1.82) is 0 Å². The fourth-order valence-electron chi connectivity index (χ4n) is 0.860. The Bertz CT molecular complexity index is 212. The van der Waals surface area contributed by atoms with E-state index in [-0.39, 0.29) is 0 Å². The minimum atomic E-state index is -1.58. The van der Waals surface area contributed by atoms with Crippen LogP contribution in [0.25, 0.3) is 0 Å². The van der Waals surface area contributed by atoms with Crippen LogP contribution in [0, 0.1) is 5.92 Å². The number of aldehydes is 1. The highest BCUT2D eigenvalue weighted by molar-refractivity contribution is 7.75. The number of rotatable bonds is 2. The fourth-order valence-corrected chi connectivity index (χ4v) is 1.04. The van der Waals surface area contributed by atoms with E-state index in [0.717, 1.165) is 0 Å². The van der Waals surface area contributed by atoms with E-state index >= 15 is 0 Å². The van der Waals surface area contributed by atoms with Gasteiger partial charge in [-0.3, -0.25) is 4.18 Å². The highest BCUT2D eigenvalue weighted by Crippen LogP contribution is 2.25. The van der Waals surface area contributed by atoms with Gasteiger partial charge in [0.05, 0.1) is 5.92 Å². The molecule has 2 unspecified atom stereocenters. The van der Waals surface area contributed by atoms with Crippen LogP contribution < -0.4 is 0 Å². The summed E-state index contributed by atoms with van der Waals surface area (Å²) in [5.74, 6) is -2.26. The Hall–Kier alpha value is -0.580. The van der Waals surface area contributed by atoms with Crippen LogP contribution in [0.15, 0.2) is 24.3 Å². The van der Waals surface area contributed by atoms with Crippen molar-refractivity contribution in [1.82, 2.24) is 0 Å². The summed E-state index contributed by atoms with van der Waals surface area (Å²) in [6.07, 6.45) is 6.79. The van der Waals surface area contributed by atoms with Crippen LogP contribution in [0.5, 0.6) is 0 Å². The Kier molecular flexibility index (Phi) is 2.49. The van der Waals surface area contributed by atoms with E-state index in [4.69, 9.17) is 0 Å². The summed E-state index contributed by atoms with van der Waals surface area (Å²) in [6.45, 7) is 0. The van der Waals surface area contributed by atoms with Gasteiger partial charge in [-0.1, -0.05) is 18.2 Å². The Morgan fingerprint density at radius 1 is 1.64 bits per heavy atom. The maximum Gasteiger partial charge on any atom is 0.211 e. The van der Waals surface area contributed by atoms with Crippen molar-refractivity contribution in [3.63, 3.8) is 0 Å². The molecule has 0 fully saturated rings. The first kappa shape index (κ1) is 8.52. The van der Waals surface area contributed by atoms with Crippen LogP contribution >= 0.6 is 12.9 Å². The average molecular weight is 172 g/mol. The van der Waals surface area contributed by atoms with Gasteiger partial charge in [0.25, 0.3) is 0 Å². The van der Waals surface area contributed by atoms with Crippen molar-refractivity contribution in [2.75, 3.05) is 0 Å². The molecule has 0 amide bonds. The topological polar surface area (TPSA) is 46.5 Å². The monoisotopic (exact) mass is 172 g/mol. The van der Waals surface area contributed by atoms with Gasteiger partial charge in [-0.15, -0.1) is 0 Å². The van der Waals surface area contributed by atoms with Gasteiger partial charge in [0.2, 0.25) is 5.79 Å². The minimum Gasteiger partial charge on any atom is -0.361 e. The predicted octanol–water partition coefficient (Wildman–Crippen LogP) is 0.477. The number of hydrogen-bond donors (Lipinski definition) is 2. The number of aliphatic hydroxyl groups is 1. The molecular formula is C7H8O3S. The lowest BCUT2D eigenvalue weighted by molar-refractivity contribution is -0.135. The van der Waals surface area contributed by atoms with E-state index in [9.17, 15) is 9.90 Å². The van der Waals surface area contributed by atoms with Crippen LogP contribution in [0.2, 0.25) is 0 Å². The molecule has 0 spiro atoms. The van der Waals surface area contributed by atoms with E-state index < -0.39 is 11.7 Å². The molecule has 0 bridgehead atoms. The average Bonchev–Trinajstić information content (AvgIpc) is 2.05. The van der Waals surface area contributed by atoms with Crippen molar-refractivity contribution in [3.05, 3.63) is 24.3 Å². The Balaban J connectivity index is 2.85. The van der Waals surface area contributed by atoms with E-state index in [2.05, 4.69) is 17.1 Å². The van der Waals surface area contributed by atoms with Crippen molar-refractivity contribution in [2.24, 2.45) is 5.92 Å². The second kappa shape index (κ2) is 3.21. The first-order valence-electron chi connectivity index (χ1n) is 3.09. The van der Waals surface area contributed by atoms with Gasteiger partial charge in [0, 0.05) is 0 Å². The quantitative estimate of drug-likeness (QED) is 0.275. The second-order valence-corrected chi connectivity index (χ2v) is 2.43. The van der Waals surface area contributed by atoms with Crippen LogP contribution in [0.4, 0.5) is 0 Å². The molecule has 0 saturated carbocycles. The van der Waals surface area contributed by atoms with E-state index in [1.165, 1.54) is 6.08 Å². The van der Waals surface area contributed by atoms with Crippen molar-refractivity contribution in [3.8, 4) is 0 Å². The molecule has 0 aromatic heterocycles. The lowest BCUT2D eigenvalue weighted by Crippen LogP contribution is -2.37. The van der Waals surface area contributed by atoms with Crippen molar-refractivity contribution in [2.45, 2.75) is 5.79 Å². The minimum absolute atomic E-state index is 0.607. The zero-order valence-electron chi connectivity index (χ0n) is 5.68. The zero-order valence-corrected chi connectivity index (χ0v) is 6.57. The summed E-state index contributed by atoms with van der Waals surface area (Å²) >= 11 is 3.47. The fraction of sp³-hybridized carbons (Fsp3) is 0.286. The third kappa shape index (κ3) is 1.53. The molecule has 0 saturated heterocycles. The largest absolute Gasteiger partial charge is 0.361 e. The maximum atomic E-state index is 10.4. The molecule has 1 rings (SSSR count). The van der Waals surface area contributed by atoms with Gasteiger partial charge in [0.15, 0.2) is 0 Å². The molecule has 1 N–H and O–H groups in total. The lowest BCUT2D eigenvalue weighted by atomic mass is 9.96. The number of hydrogen-bond acceptors (Lipinski definition) is 4. The Labute approximate surface area is 70.0 Å². The molecule has 3 nitrogen and oxygen atoms in total. The zero-order chi connectivity index (χ0) is 8.32. The Morgan fingerprint density at radius 3 is 2.82 bits per heavy atom. The molecule has 0 aliphatic heterocycles. The van der Waals surface area contributed by atoms with Gasteiger partial charge in [0.1, 0.15) is 6.29 Å². The normalized spacial score (nSPS) is 35.6. The third-order valence-corrected chi connectivity index (χ3v) is 1.83. The molecule has 0 aromatic rings. The van der Waals surface area contributed by atoms with Gasteiger partial charge in [-0.05, 0) is 19.0 Å². The molecule has 1 aliphatic carbocycles. The molecular weight excluding hydrogens is 164 g/mol. The van der Waals surface area contributed by atoms with E-state index in [1.807, 2.05) is 0 Å². The SMILES string of the molecule is O=CC1C=CC=CC1(O)OS. The highest BCUT2D eigenvalue weighted by Gasteiger charge is 2.34. The van der Waals surface area contributed by atoms with Crippen LogP contribution in [-0.2, 0) is 8.98 Å². The number of carbonyl (C=O) groups excluding carboxylic acids is 1. The standard InChI is InChI=1S/C7H8O3S/c8-5-6-3-1-2-4-7(6,9)10-11/h1-6,9,11H. The summed E-state index contributed by atoms with van der Waals surface area (Å²) in [5.41, 5.74) is 0. The number of carbonyl (C=O) groups is 1. The smallest absolute Gasteiger partial charge is 0.211 e. The molecule has 2 atom stereocenters. The summed E-state index contributed by atoms with van der Waals surface area (Å²) < 4.78 is 4.46. The summed E-state index contributed by atoms with van der Waals surface area (Å²) in [5, 5.41) is 9.47. The molecule has 1 aliphatic rings. The second-order valence-electron chi connectivity index (χ2n) is 2.25. The van der Waals surface area contributed by atoms with Crippen molar-refractivity contribution < 1.29 is 14.1 Å². The van der Waals surface area contributed by atoms with E-state index in [0.29, 0.717) is 6.29 Å². The van der Waals surface area contributed by atoms with Gasteiger partial charge in [-0.2, -0.15) is 0 Å². The first-order valence-corrected chi connectivity index (χ1v) is 3.46. The first-order chi connectivity index (χ1) is 5.23. The highest BCUT2D eigenvalue weighted by atomic mass is 32.1. The molecule has 0 heterocycles. The van der Waals surface area contributed by atoms with Crippen LogP contribution in [0.1, 0.15) is 0 Å². The third-order valence-electron chi connectivity index (χ3n) is 1.54. The molecule has 0 aromatic carbocycles.